The minimum Gasteiger partial charge on any atom is -0.481 e. The van der Waals surface area contributed by atoms with E-state index in [0.717, 1.165) is 19.4 Å². The van der Waals surface area contributed by atoms with Gasteiger partial charge in [0, 0.05) is 6.04 Å². The highest BCUT2D eigenvalue weighted by Crippen LogP contribution is 2.19. The van der Waals surface area contributed by atoms with Crippen molar-refractivity contribution in [2.75, 3.05) is 6.54 Å². The third-order valence-electron chi connectivity index (χ3n) is 3.81. The number of carboxylic acid groups (broad SMARTS) is 1. The Morgan fingerprint density at radius 3 is 2.45 bits per heavy atom. The number of aryl methyl sites for hydroxylation is 2. The van der Waals surface area contributed by atoms with E-state index in [1.165, 1.54) is 11.1 Å². The second-order valence-electron chi connectivity index (χ2n) is 6.32. The standard InChI is InChI=1S/C17H27NO2/c1-13-5-8-15(9-6-13)10-7-14(2)18-12-11-17(3,4)16(19)20/h5-6,8-9,14,18H,7,10-12H2,1-4H3,(H,19,20). The maximum atomic E-state index is 11.0. The maximum Gasteiger partial charge on any atom is 0.309 e. The lowest BCUT2D eigenvalue weighted by Crippen LogP contribution is -2.33. The van der Waals surface area contributed by atoms with Crippen molar-refractivity contribution in [1.82, 2.24) is 5.32 Å². The molecule has 1 unspecified atom stereocenters. The molecule has 2 N–H and O–H groups in total. The fraction of sp³-hybridized carbons (Fsp3) is 0.588. The molecule has 0 aromatic heterocycles. The van der Waals surface area contributed by atoms with Crippen LogP contribution in [0.3, 0.4) is 0 Å². The first-order valence-corrected chi connectivity index (χ1v) is 7.33. The van der Waals surface area contributed by atoms with E-state index in [9.17, 15) is 4.79 Å². The Morgan fingerprint density at radius 1 is 1.30 bits per heavy atom. The summed E-state index contributed by atoms with van der Waals surface area (Å²) in [5.74, 6) is -0.730. The van der Waals surface area contributed by atoms with Crippen LogP contribution in [0.2, 0.25) is 0 Å². The van der Waals surface area contributed by atoms with E-state index in [-0.39, 0.29) is 0 Å². The molecule has 1 atom stereocenters. The van der Waals surface area contributed by atoms with Crippen LogP contribution < -0.4 is 5.32 Å². The van der Waals surface area contributed by atoms with Crippen molar-refractivity contribution < 1.29 is 9.90 Å². The number of aliphatic carboxylic acids is 1. The van der Waals surface area contributed by atoms with Crippen molar-refractivity contribution in [3.05, 3.63) is 35.4 Å². The summed E-state index contributed by atoms with van der Waals surface area (Å²) in [5, 5.41) is 12.5. The summed E-state index contributed by atoms with van der Waals surface area (Å²) >= 11 is 0. The van der Waals surface area contributed by atoms with Gasteiger partial charge in [0.15, 0.2) is 0 Å². The van der Waals surface area contributed by atoms with E-state index >= 15 is 0 Å². The highest BCUT2D eigenvalue weighted by Gasteiger charge is 2.26. The Kier molecular flexibility index (Phi) is 6.21. The van der Waals surface area contributed by atoms with E-state index in [2.05, 4.69) is 43.4 Å². The molecule has 0 aliphatic heterocycles. The van der Waals surface area contributed by atoms with Gasteiger partial charge in [-0.1, -0.05) is 29.8 Å². The first-order chi connectivity index (χ1) is 9.31. The Labute approximate surface area is 122 Å². The number of benzene rings is 1. The predicted molar refractivity (Wildman–Crippen MR) is 83.0 cm³/mol. The number of rotatable bonds is 8. The lowest BCUT2D eigenvalue weighted by molar-refractivity contribution is -0.147. The van der Waals surface area contributed by atoms with Crippen molar-refractivity contribution >= 4 is 5.97 Å². The summed E-state index contributed by atoms with van der Waals surface area (Å²) < 4.78 is 0. The van der Waals surface area contributed by atoms with Gasteiger partial charge < -0.3 is 10.4 Å². The molecule has 1 aromatic rings. The van der Waals surface area contributed by atoms with Crippen LogP contribution in [-0.4, -0.2) is 23.7 Å². The SMILES string of the molecule is Cc1ccc(CCC(C)NCCC(C)(C)C(=O)O)cc1. The summed E-state index contributed by atoms with van der Waals surface area (Å²) in [5.41, 5.74) is 2.00. The van der Waals surface area contributed by atoms with E-state index in [1.54, 1.807) is 13.8 Å². The third-order valence-corrected chi connectivity index (χ3v) is 3.81. The normalized spacial score (nSPS) is 13.2. The number of carbonyl (C=O) groups is 1. The summed E-state index contributed by atoms with van der Waals surface area (Å²) in [6.45, 7) is 8.54. The molecule has 20 heavy (non-hydrogen) atoms. The lowest BCUT2D eigenvalue weighted by Gasteiger charge is -2.21. The quantitative estimate of drug-likeness (QED) is 0.765. The summed E-state index contributed by atoms with van der Waals surface area (Å²) in [7, 11) is 0. The van der Waals surface area contributed by atoms with E-state index < -0.39 is 11.4 Å². The molecule has 112 valence electrons. The predicted octanol–water partition coefficient (Wildman–Crippen LogP) is 3.41. The monoisotopic (exact) mass is 277 g/mol. The van der Waals surface area contributed by atoms with Gasteiger partial charge in [0.25, 0.3) is 0 Å². The van der Waals surface area contributed by atoms with Gasteiger partial charge >= 0.3 is 5.97 Å². The number of hydrogen-bond acceptors (Lipinski definition) is 2. The van der Waals surface area contributed by atoms with Crippen LogP contribution >= 0.6 is 0 Å². The number of nitrogens with one attached hydrogen (secondary N) is 1. The van der Waals surface area contributed by atoms with Crippen molar-refractivity contribution in [1.29, 1.82) is 0 Å². The highest BCUT2D eigenvalue weighted by atomic mass is 16.4. The minimum atomic E-state index is -0.730. The zero-order valence-corrected chi connectivity index (χ0v) is 13.1. The fourth-order valence-corrected chi connectivity index (χ4v) is 1.98. The zero-order chi connectivity index (χ0) is 15.2. The number of hydrogen-bond donors (Lipinski definition) is 2. The molecular formula is C17H27NO2. The van der Waals surface area contributed by atoms with E-state index in [0.29, 0.717) is 12.5 Å². The summed E-state index contributed by atoms with van der Waals surface area (Å²) in [4.78, 5) is 11.0. The maximum absolute atomic E-state index is 11.0. The molecular weight excluding hydrogens is 250 g/mol. The minimum absolute atomic E-state index is 0.404. The van der Waals surface area contributed by atoms with Crippen molar-refractivity contribution in [2.24, 2.45) is 5.41 Å². The van der Waals surface area contributed by atoms with E-state index in [4.69, 9.17) is 5.11 Å². The largest absolute Gasteiger partial charge is 0.481 e. The molecule has 0 amide bonds. The van der Waals surface area contributed by atoms with Crippen molar-refractivity contribution in [3.8, 4) is 0 Å². The molecule has 3 nitrogen and oxygen atoms in total. The van der Waals surface area contributed by atoms with Gasteiger partial charge in [-0.15, -0.1) is 0 Å². The molecule has 0 saturated carbocycles. The van der Waals surface area contributed by atoms with Gasteiger partial charge in [-0.05, 0) is 59.1 Å². The molecule has 0 spiro atoms. The molecule has 0 aliphatic carbocycles. The molecule has 0 heterocycles. The molecule has 3 heteroatoms. The zero-order valence-electron chi connectivity index (χ0n) is 13.1. The Morgan fingerprint density at radius 2 is 1.90 bits per heavy atom. The van der Waals surface area contributed by atoms with Crippen molar-refractivity contribution in [2.45, 2.75) is 53.0 Å². The smallest absolute Gasteiger partial charge is 0.309 e. The molecule has 0 aliphatic rings. The Hall–Kier alpha value is -1.35. The van der Waals surface area contributed by atoms with Crippen LogP contribution in [0.25, 0.3) is 0 Å². The van der Waals surface area contributed by atoms with E-state index in [1.807, 2.05) is 0 Å². The molecule has 1 aromatic carbocycles. The average molecular weight is 277 g/mol. The van der Waals surface area contributed by atoms with Crippen LogP contribution in [0.15, 0.2) is 24.3 Å². The van der Waals surface area contributed by atoms with Crippen LogP contribution in [0.4, 0.5) is 0 Å². The van der Waals surface area contributed by atoms with Gasteiger partial charge in [-0.3, -0.25) is 4.79 Å². The van der Waals surface area contributed by atoms with Gasteiger partial charge in [0.2, 0.25) is 0 Å². The van der Waals surface area contributed by atoms with Gasteiger partial charge in [-0.2, -0.15) is 0 Å². The van der Waals surface area contributed by atoms with Gasteiger partial charge in [-0.25, -0.2) is 0 Å². The fourth-order valence-electron chi connectivity index (χ4n) is 1.98. The molecule has 0 fully saturated rings. The van der Waals surface area contributed by atoms with Crippen molar-refractivity contribution in [3.63, 3.8) is 0 Å². The van der Waals surface area contributed by atoms with Gasteiger partial charge in [0.1, 0.15) is 0 Å². The highest BCUT2D eigenvalue weighted by molar-refractivity contribution is 5.73. The first-order valence-electron chi connectivity index (χ1n) is 7.33. The summed E-state index contributed by atoms with van der Waals surface area (Å²) in [6, 6.07) is 9.04. The van der Waals surface area contributed by atoms with Crippen LogP contribution in [0.1, 0.15) is 44.7 Å². The second-order valence-corrected chi connectivity index (χ2v) is 6.32. The van der Waals surface area contributed by atoms with Crippen LogP contribution in [0, 0.1) is 12.3 Å². The lowest BCUT2D eigenvalue weighted by atomic mass is 9.89. The average Bonchev–Trinajstić information content (AvgIpc) is 2.37. The first kappa shape index (κ1) is 16.7. The van der Waals surface area contributed by atoms with Crippen LogP contribution in [0.5, 0.6) is 0 Å². The topological polar surface area (TPSA) is 49.3 Å². The Balaban J connectivity index is 2.25. The van der Waals surface area contributed by atoms with Crippen LogP contribution in [-0.2, 0) is 11.2 Å². The molecule has 0 bridgehead atoms. The summed E-state index contributed by atoms with van der Waals surface area (Å²) in [6.07, 6.45) is 2.77. The number of carboxylic acids is 1. The van der Waals surface area contributed by atoms with Gasteiger partial charge in [0.05, 0.1) is 5.41 Å². The molecule has 0 saturated heterocycles. The molecule has 0 radical (unpaired) electrons. The third kappa shape index (κ3) is 5.74. The molecule has 1 rings (SSSR count). The second kappa shape index (κ2) is 7.44. The Bertz CT molecular complexity index is 423.